The van der Waals surface area contributed by atoms with Crippen molar-refractivity contribution in [3.8, 4) is 0 Å². The van der Waals surface area contributed by atoms with Crippen molar-refractivity contribution in [3.63, 3.8) is 0 Å². The zero-order chi connectivity index (χ0) is 13.1. The number of pyridine rings is 1. The molecule has 5 nitrogen and oxygen atoms in total. The molecule has 0 unspecified atom stereocenters. The SMILES string of the molecule is CN(C)C1CCN(C(=O)c2cnccc2N)CC1. The third kappa shape index (κ3) is 2.61. The molecule has 0 radical (unpaired) electrons. The molecule has 1 aliphatic rings. The fourth-order valence-corrected chi connectivity index (χ4v) is 2.34. The van der Waals surface area contributed by atoms with Gasteiger partial charge in [0, 0.05) is 37.2 Å². The number of anilines is 1. The van der Waals surface area contributed by atoms with Crippen LogP contribution in [0.2, 0.25) is 0 Å². The molecule has 0 aliphatic carbocycles. The number of carbonyl (C=O) groups excluding carboxylic acids is 1. The third-order valence-corrected chi connectivity index (χ3v) is 3.57. The molecule has 18 heavy (non-hydrogen) atoms. The zero-order valence-corrected chi connectivity index (χ0v) is 11.0. The van der Waals surface area contributed by atoms with Gasteiger partial charge in [-0.2, -0.15) is 0 Å². The average Bonchev–Trinajstić information content (AvgIpc) is 2.38. The first-order chi connectivity index (χ1) is 8.59. The maximum absolute atomic E-state index is 12.3. The highest BCUT2D eigenvalue weighted by molar-refractivity contribution is 5.98. The molecule has 0 aromatic carbocycles. The van der Waals surface area contributed by atoms with E-state index in [0.717, 1.165) is 25.9 Å². The molecule has 1 aromatic rings. The Kier molecular flexibility index (Phi) is 3.81. The number of nitrogen functional groups attached to an aromatic ring is 1. The summed E-state index contributed by atoms with van der Waals surface area (Å²) in [7, 11) is 4.17. The highest BCUT2D eigenvalue weighted by Crippen LogP contribution is 2.18. The van der Waals surface area contributed by atoms with Crippen LogP contribution < -0.4 is 5.73 Å². The number of nitrogens with zero attached hydrogens (tertiary/aromatic N) is 3. The van der Waals surface area contributed by atoms with Gasteiger partial charge in [0.1, 0.15) is 0 Å². The Bertz CT molecular complexity index is 425. The van der Waals surface area contributed by atoms with Crippen molar-refractivity contribution in [1.82, 2.24) is 14.8 Å². The summed E-state index contributed by atoms with van der Waals surface area (Å²) in [6, 6.07) is 2.24. The number of nitrogens with two attached hydrogens (primary N) is 1. The number of piperidine rings is 1. The lowest BCUT2D eigenvalue weighted by Gasteiger charge is -2.35. The first-order valence-corrected chi connectivity index (χ1v) is 6.25. The molecule has 2 heterocycles. The molecular formula is C13H20N4O. The first-order valence-electron chi connectivity index (χ1n) is 6.25. The second-order valence-corrected chi connectivity index (χ2v) is 4.95. The van der Waals surface area contributed by atoms with Crippen LogP contribution in [-0.2, 0) is 0 Å². The summed E-state index contributed by atoms with van der Waals surface area (Å²) in [5.74, 6) is -0.00203. The van der Waals surface area contributed by atoms with E-state index in [0.29, 0.717) is 17.3 Å². The van der Waals surface area contributed by atoms with Gasteiger partial charge in [-0.05, 0) is 33.0 Å². The molecule has 1 fully saturated rings. The number of likely N-dealkylation sites (tertiary alicyclic amines) is 1. The van der Waals surface area contributed by atoms with E-state index >= 15 is 0 Å². The minimum Gasteiger partial charge on any atom is -0.398 e. The molecule has 0 atom stereocenters. The molecular weight excluding hydrogens is 228 g/mol. The van der Waals surface area contributed by atoms with E-state index < -0.39 is 0 Å². The maximum Gasteiger partial charge on any atom is 0.257 e. The van der Waals surface area contributed by atoms with Gasteiger partial charge in [0.05, 0.1) is 5.56 Å². The lowest BCUT2D eigenvalue weighted by atomic mass is 10.0. The summed E-state index contributed by atoms with van der Waals surface area (Å²) in [5, 5.41) is 0. The Morgan fingerprint density at radius 2 is 2.11 bits per heavy atom. The minimum atomic E-state index is -0.00203. The second-order valence-electron chi connectivity index (χ2n) is 4.95. The Labute approximate surface area is 108 Å². The van der Waals surface area contributed by atoms with Gasteiger partial charge >= 0.3 is 0 Å². The van der Waals surface area contributed by atoms with E-state index in [1.54, 1.807) is 18.5 Å². The van der Waals surface area contributed by atoms with Crippen LogP contribution in [0.15, 0.2) is 18.5 Å². The predicted octanol–water partition coefficient (Wildman–Crippen LogP) is 0.830. The minimum absolute atomic E-state index is 0.00203. The number of hydrogen-bond acceptors (Lipinski definition) is 4. The molecule has 0 saturated carbocycles. The van der Waals surface area contributed by atoms with Gasteiger partial charge in [-0.1, -0.05) is 0 Å². The second kappa shape index (κ2) is 5.35. The molecule has 2 N–H and O–H groups in total. The van der Waals surface area contributed by atoms with Gasteiger partial charge in [0.2, 0.25) is 0 Å². The quantitative estimate of drug-likeness (QED) is 0.842. The van der Waals surface area contributed by atoms with Crippen molar-refractivity contribution >= 4 is 11.6 Å². The summed E-state index contributed by atoms with van der Waals surface area (Å²) in [4.78, 5) is 20.3. The van der Waals surface area contributed by atoms with Crippen LogP contribution in [0.1, 0.15) is 23.2 Å². The monoisotopic (exact) mass is 248 g/mol. The van der Waals surface area contributed by atoms with Crippen molar-refractivity contribution in [1.29, 1.82) is 0 Å². The highest BCUT2D eigenvalue weighted by atomic mass is 16.2. The molecule has 0 spiro atoms. The number of aromatic nitrogens is 1. The maximum atomic E-state index is 12.3. The number of carbonyl (C=O) groups is 1. The van der Waals surface area contributed by atoms with E-state index in [1.165, 1.54) is 0 Å². The number of rotatable bonds is 2. The van der Waals surface area contributed by atoms with Crippen molar-refractivity contribution in [2.24, 2.45) is 0 Å². The van der Waals surface area contributed by atoms with Crippen molar-refractivity contribution < 1.29 is 4.79 Å². The zero-order valence-electron chi connectivity index (χ0n) is 11.0. The van der Waals surface area contributed by atoms with E-state index in [1.807, 2.05) is 4.90 Å². The number of hydrogen-bond donors (Lipinski definition) is 1. The summed E-state index contributed by atoms with van der Waals surface area (Å²) in [6.45, 7) is 1.58. The third-order valence-electron chi connectivity index (χ3n) is 3.57. The van der Waals surface area contributed by atoms with Gasteiger partial charge < -0.3 is 15.5 Å². The summed E-state index contributed by atoms with van der Waals surface area (Å²) >= 11 is 0. The highest BCUT2D eigenvalue weighted by Gasteiger charge is 2.25. The Morgan fingerprint density at radius 3 is 2.67 bits per heavy atom. The smallest absolute Gasteiger partial charge is 0.257 e. The molecule has 1 amide bonds. The van der Waals surface area contributed by atoms with Gasteiger partial charge in [-0.15, -0.1) is 0 Å². The standard InChI is InChI=1S/C13H20N4O/c1-16(2)10-4-7-17(8-5-10)13(18)11-9-15-6-3-12(11)14/h3,6,9-10H,4-5,7-8H2,1-2H3,(H2,14,15). The van der Waals surface area contributed by atoms with Gasteiger partial charge in [-0.3, -0.25) is 9.78 Å². The summed E-state index contributed by atoms with van der Waals surface area (Å²) in [5.41, 5.74) is 6.83. The molecule has 98 valence electrons. The Morgan fingerprint density at radius 1 is 1.44 bits per heavy atom. The van der Waals surface area contributed by atoms with Crippen LogP contribution in [0.5, 0.6) is 0 Å². The van der Waals surface area contributed by atoms with E-state index in [9.17, 15) is 4.79 Å². The Balaban J connectivity index is 2.02. The Hall–Kier alpha value is -1.62. The van der Waals surface area contributed by atoms with E-state index in [2.05, 4.69) is 24.0 Å². The molecule has 0 bridgehead atoms. The molecule has 5 heteroatoms. The first kappa shape index (κ1) is 12.8. The van der Waals surface area contributed by atoms with Crippen LogP contribution in [0.25, 0.3) is 0 Å². The average molecular weight is 248 g/mol. The summed E-state index contributed by atoms with van der Waals surface area (Å²) < 4.78 is 0. The molecule has 1 saturated heterocycles. The molecule has 1 aliphatic heterocycles. The lowest BCUT2D eigenvalue weighted by Crippen LogP contribution is -2.44. The topological polar surface area (TPSA) is 62.5 Å². The number of amides is 1. The predicted molar refractivity (Wildman–Crippen MR) is 71.3 cm³/mol. The fraction of sp³-hybridized carbons (Fsp3) is 0.538. The van der Waals surface area contributed by atoms with Gasteiger partial charge in [0.25, 0.3) is 5.91 Å². The van der Waals surface area contributed by atoms with E-state index in [4.69, 9.17) is 5.73 Å². The largest absolute Gasteiger partial charge is 0.398 e. The van der Waals surface area contributed by atoms with Gasteiger partial charge in [-0.25, -0.2) is 0 Å². The van der Waals surface area contributed by atoms with E-state index in [-0.39, 0.29) is 5.91 Å². The van der Waals surface area contributed by atoms with Crippen LogP contribution >= 0.6 is 0 Å². The van der Waals surface area contributed by atoms with Crippen LogP contribution in [0.3, 0.4) is 0 Å². The van der Waals surface area contributed by atoms with Crippen molar-refractivity contribution in [2.75, 3.05) is 32.9 Å². The normalized spacial score (nSPS) is 17.2. The van der Waals surface area contributed by atoms with Crippen LogP contribution in [0, 0.1) is 0 Å². The molecule has 1 aromatic heterocycles. The van der Waals surface area contributed by atoms with Crippen LogP contribution in [0.4, 0.5) is 5.69 Å². The van der Waals surface area contributed by atoms with Crippen molar-refractivity contribution in [2.45, 2.75) is 18.9 Å². The van der Waals surface area contributed by atoms with Crippen molar-refractivity contribution in [3.05, 3.63) is 24.0 Å². The fourth-order valence-electron chi connectivity index (χ4n) is 2.34. The van der Waals surface area contributed by atoms with Gasteiger partial charge in [0.15, 0.2) is 0 Å². The molecule has 2 rings (SSSR count). The summed E-state index contributed by atoms with van der Waals surface area (Å²) in [6.07, 6.45) is 5.18. The van der Waals surface area contributed by atoms with Crippen LogP contribution in [-0.4, -0.2) is 53.9 Å². The lowest BCUT2D eigenvalue weighted by molar-refractivity contribution is 0.0664.